The van der Waals surface area contributed by atoms with Crippen molar-refractivity contribution in [3.63, 3.8) is 0 Å². The number of rotatable bonds is 3. The Labute approximate surface area is 130 Å². The van der Waals surface area contributed by atoms with Crippen molar-refractivity contribution in [2.24, 2.45) is 0 Å². The smallest absolute Gasteiger partial charge is 0.263 e. The fourth-order valence-electron chi connectivity index (χ4n) is 1.55. The average Bonchev–Trinajstić information content (AvgIpc) is 2.36. The van der Waals surface area contributed by atoms with Crippen molar-refractivity contribution in [2.45, 2.75) is 11.8 Å². The number of aromatic nitrogens is 1. The van der Waals surface area contributed by atoms with Crippen molar-refractivity contribution in [1.29, 1.82) is 0 Å². The van der Waals surface area contributed by atoms with E-state index in [0.717, 1.165) is 5.56 Å². The number of nitrogens with two attached hydrogens (primary N) is 1. The third kappa shape index (κ3) is 3.23. The minimum Gasteiger partial charge on any atom is -0.399 e. The number of nitrogen functional groups attached to an aromatic ring is 1. The summed E-state index contributed by atoms with van der Waals surface area (Å²) in [5.41, 5.74) is 7.07. The number of anilines is 2. The van der Waals surface area contributed by atoms with Gasteiger partial charge >= 0.3 is 0 Å². The van der Waals surface area contributed by atoms with Gasteiger partial charge < -0.3 is 5.73 Å². The van der Waals surface area contributed by atoms with Gasteiger partial charge in [0, 0.05) is 5.69 Å². The maximum Gasteiger partial charge on any atom is 0.263 e. The lowest BCUT2D eigenvalue weighted by Crippen LogP contribution is -2.14. The van der Waals surface area contributed by atoms with Crippen LogP contribution in [-0.4, -0.2) is 13.4 Å². The fourth-order valence-corrected chi connectivity index (χ4v) is 3.34. The number of nitrogens with zero attached hydrogens (tertiary/aromatic N) is 1. The predicted octanol–water partition coefficient (Wildman–Crippen LogP) is 3.19. The van der Waals surface area contributed by atoms with Crippen LogP contribution in [0.4, 0.5) is 11.4 Å². The first-order valence-corrected chi connectivity index (χ1v) is 8.15. The second-order valence-corrected chi connectivity index (χ2v) is 6.94. The highest BCUT2D eigenvalue weighted by Crippen LogP contribution is 2.26. The molecule has 2 aromatic rings. The van der Waals surface area contributed by atoms with E-state index in [2.05, 4.69) is 25.6 Å². The van der Waals surface area contributed by atoms with Gasteiger partial charge in [-0.1, -0.05) is 11.6 Å². The highest BCUT2D eigenvalue weighted by molar-refractivity contribution is 9.10. The Hall–Kier alpha value is -1.31. The van der Waals surface area contributed by atoms with Crippen molar-refractivity contribution >= 4 is 48.9 Å². The van der Waals surface area contributed by atoms with E-state index >= 15 is 0 Å². The highest BCUT2D eigenvalue weighted by atomic mass is 79.9. The topological polar surface area (TPSA) is 85.1 Å². The molecule has 106 valence electrons. The van der Waals surface area contributed by atoms with Crippen molar-refractivity contribution in [1.82, 2.24) is 4.98 Å². The Kier molecular flexibility index (Phi) is 4.22. The molecule has 0 saturated carbocycles. The summed E-state index contributed by atoms with van der Waals surface area (Å²) < 4.78 is 27.6. The standard InChI is InChI=1S/C12H11BrClN3O2S/c1-7-4-9(6-16-12(7)13)17-20(18,19)11-5-8(15)2-3-10(11)14/h2-6,17H,15H2,1H3. The molecule has 0 aliphatic carbocycles. The zero-order valence-electron chi connectivity index (χ0n) is 10.4. The summed E-state index contributed by atoms with van der Waals surface area (Å²) in [4.78, 5) is 3.96. The van der Waals surface area contributed by atoms with Crippen molar-refractivity contribution in [2.75, 3.05) is 10.5 Å². The number of aryl methyl sites for hydroxylation is 1. The molecule has 0 saturated heterocycles. The molecule has 2 rings (SSSR count). The molecule has 0 aliphatic rings. The van der Waals surface area contributed by atoms with Crippen molar-refractivity contribution in [3.05, 3.63) is 45.7 Å². The maximum atomic E-state index is 12.3. The SMILES string of the molecule is Cc1cc(NS(=O)(=O)c2cc(N)ccc2Cl)cnc1Br. The van der Waals surface area contributed by atoms with Gasteiger partial charge in [-0.3, -0.25) is 4.72 Å². The molecular formula is C12H11BrClN3O2S. The van der Waals surface area contributed by atoms with E-state index in [9.17, 15) is 8.42 Å². The number of benzene rings is 1. The second-order valence-electron chi connectivity index (χ2n) is 4.13. The van der Waals surface area contributed by atoms with Crippen molar-refractivity contribution < 1.29 is 8.42 Å². The molecule has 1 heterocycles. The van der Waals surface area contributed by atoms with Gasteiger partial charge in [0.1, 0.15) is 9.50 Å². The maximum absolute atomic E-state index is 12.3. The first-order chi connectivity index (χ1) is 9.29. The van der Waals surface area contributed by atoms with E-state index in [1.54, 1.807) is 6.07 Å². The molecule has 0 atom stereocenters. The molecule has 0 amide bonds. The first kappa shape index (κ1) is 15.1. The van der Waals surface area contributed by atoms with Crippen LogP contribution in [0.2, 0.25) is 5.02 Å². The highest BCUT2D eigenvalue weighted by Gasteiger charge is 2.18. The monoisotopic (exact) mass is 375 g/mol. The number of halogens is 2. The van der Waals surface area contributed by atoms with E-state index in [-0.39, 0.29) is 9.92 Å². The normalized spacial score (nSPS) is 11.3. The molecule has 0 aliphatic heterocycles. The predicted molar refractivity (Wildman–Crippen MR) is 83.3 cm³/mol. The molecule has 3 N–H and O–H groups in total. The Morgan fingerprint density at radius 3 is 2.70 bits per heavy atom. The molecule has 0 fully saturated rings. The second kappa shape index (κ2) is 5.59. The molecule has 0 unspecified atom stereocenters. The van der Waals surface area contributed by atoms with Gasteiger partial charge in [-0.2, -0.15) is 0 Å². The van der Waals surface area contributed by atoms with E-state index < -0.39 is 10.0 Å². The third-order valence-electron chi connectivity index (χ3n) is 2.51. The molecule has 0 radical (unpaired) electrons. The zero-order valence-corrected chi connectivity index (χ0v) is 13.6. The van der Waals surface area contributed by atoms with Crippen LogP contribution >= 0.6 is 27.5 Å². The molecule has 0 bridgehead atoms. The van der Waals surface area contributed by atoms with Gasteiger partial charge in [0.05, 0.1) is 16.9 Å². The molecule has 0 spiro atoms. The molecule has 1 aromatic heterocycles. The van der Waals surface area contributed by atoms with Gasteiger partial charge in [-0.05, 0) is 52.7 Å². The number of hydrogen-bond acceptors (Lipinski definition) is 4. The molecule has 8 heteroatoms. The van der Waals surface area contributed by atoms with E-state index in [0.29, 0.717) is 16.0 Å². The van der Waals surface area contributed by atoms with Gasteiger partial charge in [-0.15, -0.1) is 0 Å². The first-order valence-electron chi connectivity index (χ1n) is 5.49. The quantitative estimate of drug-likeness (QED) is 0.636. The van der Waals surface area contributed by atoms with E-state index in [1.807, 2.05) is 6.92 Å². The summed E-state index contributed by atoms with van der Waals surface area (Å²) in [6.07, 6.45) is 1.41. The average molecular weight is 377 g/mol. The number of nitrogens with one attached hydrogen (secondary N) is 1. The summed E-state index contributed by atoms with van der Waals surface area (Å²) in [6.45, 7) is 1.81. The summed E-state index contributed by atoms with van der Waals surface area (Å²) in [5, 5.41) is 0.105. The van der Waals surface area contributed by atoms with Crippen LogP contribution in [0.5, 0.6) is 0 Å². The minimum atomic E-state index is -3.81. The van der Waals surface area contributed by atoms with Crippen LogP contribution in [0.1, 0.15) is 5.56 Å². The molecule has 1 aromatic carbocycles. The fraction of sp³-hybridized carbons (Fsp3) is 0.0833. The van der Waals surface area contributed by atoms with Crippen LogP contribution < -0.4 is 10.5 Å². The van der Waals surface area contributed by atoms with E-state index in [4.69, 9.17) is 17.3 Å². The number of pyridine rings is 1. The Morgan fingerprint density at radius 1 is 1.35 bits per heavy atom. The third-order valence-corrected chi connectivity index (χ3v) is 5.20. The molecular weight excluding hydrogens is 366 g/mol. The van der Waals surface area contributed by atoms with Crippen LogP contribution in [-0.2, 0) is 10.0 Å². The van der Waals surface area contributed by atoms with Gasteiger partial charge in [0.2, 0.25) is 0 Å². The minimum absolute atomic E-state index is 0.0697. The summed E-state index contributed by atoms with van der Waals surface area (Å²) in [7, 11) is -3.81. The lowest BCUT2D eigenvalue weighted by molar-refractivity contribution is 0.601. The van der Waals surface area contributed by atoms with E-state index in [1.165, 1.54) is 24.4 Å². The summed E-state index contributed by atoms with van der Waals surface area (Å²) in [5.74, 6) is 0. The number of sulfonamides is 1. The summed E-state index contributed by atoms with van der Waals surface area (Å²) in [6, 6.07) is 5.95. The lowest BCUT2D eigenvalue weighted by Gasteiger charge is -2.10. The Morgan fingerprint density at radius 2 is 2.05 bits per heavy atom. The Balaban J connectivity index is 2.40. The summed E-state index contributed by atoms with van der Waals surface area (Å²) >= 11 is 9.15. The molecule has 5 nitrogen and oxygen atoms in total. The van der Waals surface area contributed by atoms with Crippen LogP contribution in [0.25, 0.3) is 0 Å². The van der Waals surface area contributed by atoms with Gasteiger partial charge in [0.25, 0.3) is 10.0 Å². The largest absolute Gasteiger partial charge is 0.399 e. The Bertz CT molecular complexity index is 765. The van der Waals surface area contributed by atoms with Crippen LogP contribution in [0.15, 0.2) is 40.0 Å². The van der Waals surface area contributed by atoms with Crippen molar-refractivity contribution in [3.8, 4) is 0 Å². The zero-order chi connectivity index (χ0) is 14.9. The number of hydrogen-bond donors (Lipinski definition) is 2. The van der Waals surface area contributed by atoms with Gasteiger partial charge in [0.15, 0.2) is 0 Å². The lowest BCUT2D eigenvalue weighted by atomic mass is 10.3. The van der Waals surface area contributed by atoms with Gasteiger partial charge in [-0.25, -0.2) is 13.4 Å². The van der Waals surface area contributed by atoms with Crippen LogP contribution in [0, 0.1) is 6.92 Å². The van der Waals surface area contributed by atoms with Crippen LogP contribution in [0.3, 0.4) is 0 Å². The molecule has 20 heavy (non-hydrogen) atoms.